The van der Waals surface area contributed by atoms with Gasteiger partial charge >= 0.3 is 5.97 Å². The second-order valence-electron chi connectivity index (χ2n) is 20.0. The summed E-state index contributed by atoms with van der Waals surface area (Å²) in [5, 5.41) is 23.8. The van der Waals surface area contributed by atoms with Crippen molar-refractivity contribution in [2.75, 3.05) is 41.1 Å². The molecule has 2 N–H and O–H groups in total. The molecule has 3 heterocycles. The number of carbonyl (C=O) groups excluding carboxylic acids is 5. The van der Waals surface area contributed by atoms with Gasteiger partial charge in [-0.05, 0) is 106 Å². The van der Waals surface area contributed by atoms with Crippen LogP contribution in [0.25, 0.3) is 0 Å². The molecule has 4 aliphatic rings. The van der Waals surface area contributed by atoms with Gasteiger partial charge in [0.2, 0.25) is 5.79 Å². The lowest BCUT2D eigenvalue weighted by molar-refractivity contribution is -0.265. The van der Waals surface area contributed by atoms with E-state index >= 15 is 0 Å². The average Bonchev–Trinajstić information content (AvgIpc) is 3.52. The maximum atomic E-state index is 14.7. The van der Waals surface area contributed by atoms with Crippen molar-refractivity contribution in [3.63, 3.8) is 0 Å². The fraction of sp³-hybridized carbons (Fsp3) is 0.759. The summed E-state index contributed by atoms with van der Waals surface area (Å²) in [6.07, 6.45) is 0.921. The summed E-state index contributed by atoms with van der Waals surface area (Å²) < 4.78 is 139. The fourth-order valence-corrected chi connectivity index (χ4v) is 10.8. The molecular formula is C54H86NO14P. The molecule has 2 unspecified atom stereocenters. The van der Waals surface area contributed by atoms with E-state index in [1.807, 2.05) is 0 Å². The third kappa shape index (κ3) is 15.7. The van der Waals surface area contributed by atoms with Gasteiger partial charge in [-0.25, -0.2) is 4.79 Å². The normalized spacial score (nSPS) is 45.3. The van der Waals surface area contributed by atoms with Crippen LogP contribution < -0.4 is 0 Å². The van der Waals surface area contributed by atoms with Crippen LogP contribution in [0.5, 0.6) is 0 Å². The number of Topliss-reactive ketones (excluding diaryl/α,β-unsaturated/α-hetero) is 3. The van der Waals surface area contributed by atoms with Crippen molar-refractivity contribution in [1.29, 1.82) is 0 Å². The Balaban J connectivity index is 1.85. The highest BCUT2D eigenvalue weighted by Gasteiger charge is 2.53. The van der Waals surface area contributed by atoms with Gasteiger partial charge in [-0.1, -0.05) is 77.9 Å². The summed E-state index contributed by atoms with van der Waals surface area (Å²) in [6, 6.07) is -1.43. The zero-order chi connectivity index (χ0) is 61.6. The first-order valence-corrected chi connectivity index (χ1v) is 26.6. The molecule has 16 heteroatoms. The number of cyclic esters (lactones) is 1. The highest BCUT2D eigenvalue weighted by atomic mass is 31.2. The zero-order valence-electron chi connectivity index (χ0n) is 53.6. The highest BCUT2D eigenvalue weighted by molar-refractivity contribution is 7.57. The van der Waals surface area contributed by atoms with Crippen LogP contribution >= 0.6 is 7.37 Å². The molecule has 70 heavy (non-hydrogen) atoms. The van der Waals surface area contributed by atoms with E-state index in [9.17, 15) is 41.5 Å². The monoisotopic (exact) mass is 1010 g/mol. The van der Waals surface area contributed by atoms with Crippen molar-refractivity contribution in [1.82, 2.24) is 4.90 Å². The fourth-order valence-electron chi connectivity index (χ4n) is 9.99. The lowest BCUT2D eigenvalue weighted by Crippen LogP contribution is -2.61. The van der Waals surface area contributed by atoms with E-state index in [-0.39, 0.29) is 63.0 Å². The summed E-state index contributed by atoms with van der Waals surface area (Å²) >= 11 is 0. The lowest BCUT2D eigenvalue weighted by atomic mass is 9.78. The number of hydrogen-bond acceptors (Lipinski definition) is 14. The number of methoxy groups -OCH3 is 3. The van der Waals surface area contributed by atoms with Crippen molar-refractivity contribution in [3.05, 3.63) is 47.6 Å². The van der Waals surface area contributed by atoms with Crippen LogP contribution in [0.3, 0.4) is 0 Å². The van der Waals surface area contributed by atoms with Gasteiger partial charge in [0, 0.05) is 82.6 Å². The SMILES string of the molecule is [2H]C([2H])([2H])O[C@H]1C[C@@H]2CC[C@@H](C)[C@@](O)(O2)C(=O)C(=O)N2CCCC[C@H]2C(=O)O[C@H]([C@H](C)C[C@@H]2CC[C@@H](OP(C)(=O)C([2H])([2H])[2H])[C@H](OC)C2)CC(=O)[C@H](C([2H])([2H])[2H])/C=C(\C)[C@@H](O)[C@@H](OC)C(=O)[C@H](C)C([2H])(C)[C@]([2H])(C)/C=C/C=C/C=C/1C. The molecule has 1 amide bonds. The minimum atomic E-state index is -4.10. The maximum absolute atomic E-state index is 14.7. The molecular weight excluding hydrogens is 918 g/mol. The first-order chi connectivity index (χ1) is 37.1. The van der Waals surface area contributed by atoms with Crippen molar-refractivity contribution in [2.45, 2.75) is 181 Å². The summed E-state index contributed by atoms with van der Waals surface area (Å²) in [5.41, 5.74) is 0.222. The predicted molar refractivity (Wildman–Crippen MR) is 268 cm³/mol. The van der Waals surface area contributed by atoms with Crippen LogP contribution in [0.1, 0.15) is 141 Å². The number of fused-ring (bicyclic) bond motifs is 3. The molecule has 2 saturated heterocycles. The first kappa shape index (κ1) is 44.4. The Bertz CT molecular complexity index is 2410. The van der Waals surface area contributed by atoms with Crippen LogP contribution in [0.4, 0.5) is 0 Å². The molecule has 0 aromatic rings. The lowest BCUT2D eigenvalue weighted by Gasteiger charge is -2.42. The van der Waals surface area contributed by atoms with Gasteiger partial charge in [0.05, 0.1) is 28.5 Å². The van der Waals surface area contributed by atoms with Crippen LogP contribution in [0.15, 0.2) is 47.6 Å². The molecule has 1 saturated carbocycles. The van der Waals surface area contributed by atoms with Gasteiger partial charge in [0.1, 0.15) is 30.1 Å². The molecule has 3 fully saturated rings. The molecule has 1 aliphatic carbocycles. The van der Waals surface area contributed by atoms with Crippen LogP contribution in [-0.4, -0.2) is 140 Å². The molecule has 0 radical (unpaired) electrons. The van der Waals surface area contributed by atoms with Crippen LogP contribution in [-0.2, 0) is 56.7 Å². The van der Waals surface area contributed by atoms with E-state index in [1.54, 1.807) is 19.9 Å². The van der Waals surface area contributed by atoms with E-state index in [2.05, 4.69) is 0 Å². The number of nitrogens with zero attached hydrogens (tertiary/aromatic N) is 1. The van der Waals surface area contributed by atoms with E-state index in [0.717, 1.165) is 24.8 Å². The van der Waals surface area contributed by atoms with E-state index in [1.165, 1.54) is 66.0 Å². The standard InChI is InChI=1S/C54H86NO14P/c1-32-19-15-14-16-20-33(2)45(64-9)30-41-24-22-37(6)54(62,68-41)51(59)52(60)55-26-18-17-21-42(55)53(61)67-46(35(4)28-40-23-25-44(47(29-40)65-10)69-70(12,13)63)31-43(56)34(3)27-36(5)48(57)50(66-11)49(58)39(8)38(32)7/h14-16,19-20,27,32,34-35,37-42,44-48,50,57,62H,17-18,21-26,28-31H2,1-13H3/b16-14+,19-15+,33-20+,36-27+/t32-,34-,35-,37-,38?,39-,40+,41+,42+,44-,45+,46+,47-,48-,50-,54-/m1/s1/i3D3,9D3,12D3,32D,38D/t32-,34-,35-,37-,38?,39-,40+,41+,42+,44-,45+,46+,47-,48-,50-,54-,70?. The number of ketones is 3. The van der Waals surface area contributed by atoms with Crippen LogP contribution in [0.2, 0.25) is 0 Å². The minimum absolute atomic E-state index is 0.0124. The van der Waals surface area contributed by atoms with Crippen molar-refractivity contribution < 1.29 is 82.0 Å². The number of rotatable bonds is 8. The minimum Gasteiger partial charge on any atom is -0.460 e. The maximum Gasteiger partial charge on any atom is 0.329 e. The molecule has 2 bridgehead atoms. The molecule has 0 aromatic carbocycles. The van der Waals surface area contributed by atoms with Gasteiger partial charge in [0.25, 0.3) is 11.7 Å². The summed E-state index contributed by atoms with van der Waals surface area (Å²) in [4.78, 5) is 73.4. The van der Waals surface area contributed by atoms with Crippen molar-refractivity contribution >= 4 is 36.6 Å². The molecule has 17 atom stereocenters. The molecule has 0 spiro atoms. The van der Waals surface area contributed by atoms with E-state index in [0.29, 0.717) is 24.8 Å². The summed E-state index contributed by atoms with van der Waals surface area (Å²) in [6.45, 7) is 5.17. The van der Waals surface area contributed by atoms with Crippen molar-refractivity contribution in [3.8, 4) is 0 Å². The third-order valence-electron chi connectivity index (χ3n) is 14.8. The highest BCUT2D eigenvalue weighted by Crippen LogP contribution is 2.45. The molecule has 396 valence electrons. The van der Waals surface area contributed by atoms with E-state index in [4.69, 9.17) is 40.5 Å². The first-order valence-electron chi connectivity index (χ1n) is 30.0. The number of aliphatic hydroxyl groups is 2. The molecule has 15 nitrogen and oxygen atoms in total. The summed E-state index contributed by atoms with van der Waals surface area (Å²) in [7, 11) is -4.49. The number of hydrogen-bond donors (Lipinski definition) is 2. The number of amides is 1. The Morgan fingerprint density at radius 1 is 0.943 bits per heavy atom. The topological polar surface area (TPSA) is 201 Å². The number of allylic oxidation sites excluding steroid dienone is 6. The Morgan fingerprint density at radius 3 is 2.36 bits per heavy atom. The number of piperidine rings is 1. The Morgan fingerprint density at radius 2 is 1.69 bits per heavy atom. The number of carbonyl (C=O) groups is 5. The summed E-state index contributed by atoms with van der Waals surface area (Å²) in [5.74, 6) is -17.1. The quantitative estimate of drug-likeness (QED) is 0.103. The van der Waals surface area contributed by atoms with Gasteiger partial charge in [-0.3, -0.25) is 23.7 Å². The zero-order valence-corrected chi connectivity index (χ0v) is 43.5. The van der Waals surface area contributed by atoms with Crippen molar-refractivity contribution in [2.24, 2.45) is 41.4 Å². The molecule has 0 aromatic heterocycles. The van der Waals surface area contributed by atoms with Crippen LogP contribution in [0, 0.1) is 41.4 Å². The molecule has 3 aliphatic heterocycles. The Labute approximate surface area is 433 Å². The second kappa shape index (κ2) is 26.7. The number of aliphatic hydroxyl groups excluding tert-OH is 1. The van der Waals surface area contributed by atoms with E-state index < -0.39 is 154 Å². The largest absolute Gasteiger partial charge is 0.460 e. The molecule has 4 rings (SSSR count). The van der Waals surface area contributed by atoms with Gasteiger partial charge < -0.3 is 43.3 Å². The predicted octanol–water partition coefficient (Wildman–Crippen LogP) is 7.99. The third-order valence-corrected chi connectivity index (χ3v) is 15.5. The number of esters is 1. The Kier molecular flexibility index (Phi) is 16.9. The average molecular weight is 1020 g/mol. The smallest absolute Gasteiger partial charge is 0.329 e. The van der Waals surface area contributed by atoms with Gasteiger partial charge in [-0.2, -0.15) is 0 Å². The Hall–Kier alpha value is -3.14. The van der Waals surface area contributed by atoms with Gasteiger partial charge in [0.15, 0.2) is 13.2 Å². The van der Waals surface area contributed by atoms with Gasteiger partial charge in [-0.15, -0.1) is 0 Å². The number of ether oxygens (including phenoxy) is 5. The second-order valence-corrected chi connectivity index (χ2v) is 21.9.